The fourth-order valence-corrected chi connectivity index (χ4v) is 7.67. The van der Waals surface area contributed by atoms with Gasteiger partial charge in [0.15, 0.2) is 0 Å². The average molecular weight is 345 g/mol. The van der Waals surface area contributed by atoms with Gasteiger partial charge in [-0.2, -0.15) is 0 Å². The van der Waals surface area contributed by atoms with E-state index in [2.05, 4.69) is 6.92 Å². The van der Waals surface area contributed by atoms with E-state index in [-0.39, 0.29) is 0 Å². The van der Waals surface area contributed by atoms with Gasteiger partial charge in [0.25, 0.3) is 0 Å². The monoisotopic (exact) mass is 344 g/mol. The highest BCUT2D eigenvalue weighted by atomic mass is 14.4. The second-order valence-corrected chi connectivity index (χ2v) is 10.6. The maximum Gasteiger partial charge on any atom is -0.0383 e. The zero-order chi connectivity index (χ0) is 17.1. The van der Waals surface area contributed by atoms with Crippen molar-refractivity contribution < 1.29 is 0 Å². The Morgan fingerprint density at radius 2 is 0.840 bits per heavy atom. The predicted octanol–water partition coefficient (Wildman–Crippen LogP) is 8.01. The molecular formula is C25H44. The average Bonchev–Trinajstić information content (AvgIpc) is 3.19. The fourth-order valence-electron chi connectivity index (χ4n) is 7.67. The van der Waals surface area contributed by atoms with Crippen molar-refractivity contribution in [3.05, 3.63) is 0 Å². The molecule has 0 aromatic carbocycles. The molecule has 144 valence electrons. The first-order valence-corrected chi connectivity index (χ1v) is 12.3. The molecule has 4 aliphatic rings. The summed E-state index contributed by atoms with van der Waals surface area (Å²) in [5.41, 5.74) is 0. The lowest BCUT2D eigenvalue weighted by atomic mass is 9.68. The summed E-state index contributed by atoms with van der Waals surface area (Å²) in [5, 5.41) is 0. The third-order valence-corrected chi connectivity index (χ3v) is 9.45. The molecule has 0 saturated heterocycles. The van der Waals surface area contributed by atoms with E-state index >= 15 is 0 Å². The number of hydrogen-bond donors (Lipinski definition) is 0. The topological polar surface area (TPSA) is 0 Å². The smallest absolute Gasteiger partial charge is 0.0383 e. The van der Waals surface area contributed by atoms with Crippen LogP contribution < -0.4 is 0 Å². The first-order valence-electron chi connectivity index (χ1n) is 12.3. The fraction of sp³-hybridized carbons (Fsp3) is 1.00. The van der Waals surface area contributed by atoms with Crippen LogP contribution in [0, 0.1) is 41.4 Å². The van der Waals surface area contributed by atoms with E-state index in [1.807, 2.05) is 0 Å². The van der Waals surface area contributed by atoms with Crippen molar-refractivity contribution in [2.45, 2.75) is 116 Å². The van der Waals surface area contributed by atoms with Gasteiger partial charge in [0.05, 0.1) is 0 Å². The molecule has 0 bridgehead atoms. The predicted molar refractivity (Wildman–Crippen MR) is 109 cm³/mol. The highest BCUT2D eigenvalue weighted by molar-refractivity contribution is 4.89. The van der Waals surface area contributed by atoms with Crippen LogP contribution in [0.4, 0.5) is 0 Å². The zero-order valence-corrected chi connectivity index (χ0v) is 17.1. The highest BCUT2D eigenvalue weighted by Crippen LogP contribution is 2.49. The molecule has 0 N–H and O–H groups in total. The Balaban J connectivity index is 1.20. The minimum absolute atomic E-state index is 1.07. The van der Waals surface area contributed by atoms with Crippen LogP contribution in [-0.4, -0.2) is 0 Å². The van der Waals surface area contributed by atoms with Gasteiger partial charge in [0.1, 0.15) is 0 Å². The number of hydrogen-bond acceptors (Lipinski definition) is 0. The lowest BCUT2D eigenvalue weighted by Crippen LogP contribution is -2.26. The van der Waals surface area contributed by atoms with Gasteiger partial charge in [-0.1, -0.05) is 58.3 Å². The zero-order valence-electron chi connectivity index (χ0n) is 17.1. The summed E-state index contributed by atoms with van der Waals surface area (Å²) < 4.78 is 0. The summed E-state index contributed by atoms with van der Waals surface area (Å²) >= 11 is 0. The number of rotatable bonds is 4. The Labute approximate surface area is 157 Å². The molecule has 2 unspecified atom stereocenters. The third kappa shape index (κ3) is 4.47. The normalized spacial score (nSPS) is 44.0. The molecule has 0 aromatic heterocycles. The van der Waals surface area contributed by atoms with Gasteiger partial charge in [-0.15, -0.1) is 0 Å². The molecule has 0 radical (unpaired) electrons. The van der Waals surface area contributed by atoms with Crippen molar-refractivity contribution in [1.82, 2.24) is 0 Å². The minimum Gasteiger partial charge on any atom is -0.0651 e. The van der Waals surface area contributed by atoms with Crippen molar-refractivity contribution in [1.29, 1.82) is 0 Å². The van der Waals surface area contributed by atoms with E-state index in [1.165, 1.54) is 25.7 Å². The molecule has 4 fully saturated rings. The van der Waals surface area contributed by atoms with Gasteiger partial charge < -0.3 is 0 Å². The van der Waals surface area contributed by atoms with Crippen molar-refractivity contribution in [2.24, 2.45) is 41.4 Å². The second kappa shape index (κ2) is 8.79. The first-order chi connectivity index (χ1) is 12.3. The summed E-state index contributed by atoms with van der Waals surface area (Å²) in [6.07, 6.45) is 26.6. The molecule has 0 amide bonds. The van der Waals surface area contributed by atoms with E-state index in [0.29, 0.717) is 0 Å². The molecule has 25 heavy (non-hydrogen) atoms. The van der Waals surface area contributed by atoms with Gasteiger partial charge in [0, 0.05) is 0 Å². The molecule has 4 rings (SSSR count). The van der Waals surface area contributed by atoms with Gasteiger partial charge >= 0.3 is 0 Å². The largest absolute Gasteiger partial charge is 0.0651 e. The Hall–Kier alpha value is 0. The van der Waals surface area contributed by atoms with E-state index < -0.39 is 0 Å². The van der Waals surface area contributed by atoms with Gasteiger partial charge in [0.2, 0.25) is 0 Å². The molecule has 4 aliphatic carbocycles. The lowest BCUT2D eigenvalue weighted by molar-refractivity contribution is 0.134. The van der Waals surface area contributed by atoms with Crippen LogP contribution in [0.3, 0.4) is 0 Å². The van der Waals surface area contributed by atoms with Gasteiger partial charge in [-0.3, -0.25) is 0 Å². The Bertz CT molecular complexity index is 377. The quantitative estimate of drug-likeness (QED) is 0.484. The minimum atomic E-state index is 1.07. The van der Waals surface area contributed by atoms with Gasteiger partial charge in [-0.05, 0) is 99.2 Å². The maximum atomic E-state index is 2.40. The van der Waals surface area contributed by atoms with Crippen LogP contribution in [0.5, 0.6) is 0 Å². The van der Waals surface area contributed by atoms with E-state index in [0.717, 1.165) is 41.4 Å². The molecule has 0 aliphatic heterocycles. The Morgan fingerprint density at radius 3 is 1.36 bits per heavy atom. The molecule has 0 nitrogen and oxygen atoms in total. The van der Waals surface area contributed by atoms with Crippen molar-refractivity contribution in [3.8, 4) is 0 Å². The van der Waals surface area contributed by atoms with Crippen LogP contribution >= 0.6 is 0 Å². The Morgan fingerprint density at radius 1 is 0.440 bits per heavy atom. The maximum absolute atomic E-state index is 2.40. The first kappa shape index (κ1) is 18.4. The summed E-state index contributed by atoms with van der Waals surface area (Å²) in [6, 6.07) is 0. The highest BCUT2D eigenvalue weighted by Gasteiger charge is 2.38. The summed E-state index contributed by atoms with van der Waals surface area (Å²) in [5.74, 6) is 7.81. The van der Waals surface area contributed by atoms with Gasteiger partial charge in [-0.25, -0.2) is 0 Å². The third-order valence-electron chi connectivity index (χ3n) is 9.45. The SMILES string of the molecule is CCC1CCC(C2CCC(C3CCC(C4CCCCC4)CC3)C2)CC1. The molecule has 0 heterocycles. The van der Waals surface area contributed by atoms with Crippen LogP contribution in [0.2, 0.25) is 0 Å². The molecule has 0 aromatic rings. The summed E-state index contributed by atoms with van der Waals surface area (Å²) in [6.45, 7) is 2.40. The van der Waals surface area contributed by atoms with E-state index in [4.69, 9.17) is 0 Å². The Kier molecular flexibility index (Phi) is 6.46. The van der Waals surface area contributed by atoms with E-state index in [1.54, 1.807) is 83.5 Å². The van der Waals surface area contributed by atoms with E-state index in [9.17, 15) is 0 Å². The van der Waals surface area contributed by atoms with Crippen LogP contribution in [0.1, 0.15) is 116 Å². The lowest BCUT2D eigenvalue weighted by Gasteiger charge is -2.38. The molecule has 0 heteroatoms. The van der Waals surface area contributed by atoms with Crippen molar-refractivity contribution >= 4 is 0 Å². The molecular weight excluding hydrogens is 300 g/mol. The van der Waals surface area contributed by atoms with Crippen molar-refractivity contribution in [2.75, 3.05) is 0 Å². The van der Waals surface area contributed by atoms with Crippen molar-refractivity contribution in [3.63, 3.8) is 0 Å². The van der Waals surface area contributed by atoms with Crippen LogP contribution in [0.25, 0.3) is 0 Å². The molecule has 2 atom stereocenters. The standard InChI is InChI=1S/C25H44/c1-2-19-8-10-22(11-9-19)24-16-17-25(18-24)23-14-12-21(13-15-23)20-6-4-3-5-7-20/h19-25H,2-18H2,1H3. The van der Waals surface area contributed by atoms with Crippen LogP contribution in [-0.2, 0) is 0 Å². The molecule has 4 saturated carbocycles. The summed E-state index contributed by atoms with van der Waals surface area (Å²) in [4.78, 5) is 0. The summed E-state index contributed by atoms with van der Waals surface area (Å²) in [7, 11) is 0. The second-order valence-electron chi connectivity index (χ2n) is 10.6. The van der Waals surface area contributed by atoms with Crippen LogP contribution in [0.15, 0.2) is 0 Å². The molecule has 0 spiro atoms.